The quantitative estimate of drug-likeness (QED) is 0.492. The normalized spacial score (nSPS) is 9.29. The molecule has 6 heteroatoms. The lowest BCUT2D eigenvalue weighted by atomic mass is 10.5. The predicted octanol–water partition coefficient (Wildman–Crippen LogP) is 0.601. The summed E-state index contributed by atoms with van der Waals surface area (Å²) in [6.07, 6.45) is 0. The number of rotatable bonds is 0. The Bertz CT molecular complexity index is 317. The molecule has 2 aromatic heterocycles. The Morgan fingerprint density at radius 3 is 1.36 bits per heavy atom. The summed E-state index contributed by atoms with van der Waals surface area (Å²) in [5.41, 5.74) is 12.5. The summed E-state index contributed by atoms with van der Waals surface area (Å²) >= 11 is 0. The lowest BCUT2D eigenvalue weighted by molar-refractivity contribution is 1.05. The molecule has 0 aliphatic carbocycles. The largest absolute Gasteiger partial charge is 0.382 e. The van der Waals surface area contributed by atoms with Crippen LogP contribution in [0.4, 0.5) is 11.6 Å². The second-order valence-electron chi connectivity index (χ2n) is 2.95. The second kappa shape index (κ2) is 4.31. The van der Waals surface area contributed by atoms with E-state index < -0.39 is 0 Å². The molecule has 2 aromatic rings. The van der Waals surface area contributed by atoms with Gasteiger partial charge in [-0.15, -0.1) is 0 Å². The molecule has 0 bridgehead atoms. The summed E-state index contributed by atoms with van der Waals surface area (Å²) in [5, 5.41) is 12.7. The van der Waals surface area contributed by atoms with E-state index in [2.05, 4.69) is 20.4 Å². The third kappa shape index (κ3) is 3.18. The number of aromatic nitrogens is 4. The first kappa shape index (κ1) is 10.1. The molecule has 0 fully saturated rings. The van der Waals surface area contributed by atoms with Crippen LogP contribution in [0.1, 0.15) is 11.4 Å². The third-order valence-electron chi connectivity index (χ3n) is 1.45. The summed E-state index contributed by atoms with van der Waals surface area (Å²) in [5.74, 6) is 1.11. The van der Waals surface area contributed by atoms with Gasteiger partial charge in [0.25, 0.3) is 0 Å². The molecular weight excluding hydrogens is 180 g/mol. The number of hydrogen-bond acceptors (Lipinski definition) is 4. The molecule has 2 heterocycles. The van der Waals surface area contributed by atoms with E-state index in [1.165, 1.54) is 0 Å². The molecule has 0 radical (unpaired) electrons. The molecule has 6 nitrogen and oxygen atoms in total. The fourth-order valence-electron chi connectivity index (χ4n) is 0.878. The lowest BCUT2D eigenvalue weighted by Crippen LogP contribution is -1.81. The average molecular weight is 194 g/mol. The first-order chi connectivity index (χ1) is 6.58. The van der Waals surface area contributed by atoms with E-state index in [4.69, 9.17) is 11.5 Å². The topological polar surface area (TPSA) is 109 Å². The summed E-state index contributed by atoms with van der Waals surface area (Å²) in [6, 6.07) is 3.56. The van der Waals surface area contributed by atoms with E-state index in [-0.39, 0.29) is 0 Å². The number of hydrogen-bond donors (Lipinski definition) is 4. The number of nitrogens with one attached hydrogen (secondary N) is 2. The van der Waals surface area contributed by atoms with E-state index in [1.807, 2.05) is 13.8 Å². The predicted molar refractivity (Wildman–Crippen MR) is 55.5 cm³/mol. The van der Waals surface area contributed by atoms with Gasteiger partial charge in [-0.05, 0) is 13.8 Å². The lowest BCUT2D eigenvalue weighted by Gasteiger charge is -1.68. The molecule has 0 saturated heterocycles. The van der Waals surface area contributed by atoms with Crippen LogP contribution in [0.3, 0.4) is 0 Å². The Hall–Kier alpha value is -1.98. The summed E-state index contributed by atoms with van der Waals surface area (Å²) in [4.78, 5) is 0. The van der Waals surface area contributed by atoms with Crippen molar-refractivity contribution in [2.75, 3.05) is 11.5 Å². The molecule has 0 atom stereocenters. The number of nitrogen functional groups attached to an aromatic ring is 2. The van der Waals surface area contributed by atoms with Gasteiger partial charge in [-0.25, -0.2) is 0 Å². The number of nitrogens with zero attached hydrogens (tertiary/aromatic N) is 2. The summed E-state index contributed by atoms with van der Waals surface area (Å²) in [6.45, 7) is 3.81. The number of aromatic amines is 2. The van der Waals surface area contributed by atoms with Crippen molar-refractivity contribution < 1.29 is 0 Å². The molecule has 0 aromatic carbocycles. The maximum atomic E-state index is 5.24. The number of nitrogens with two attached hydrogens (primary N) is 2. The van der Waals surface area contributed by atoms with E-state index >= 15 is 0 Å². The maximum absolute atomic E-state index is 5.24. The minimum absolute atomic E-state index is 0.553. The van der Waals surface area contributed by atoms with Crippen LogP contribution in [0.5, 0.6) is 0 Å². The van der Waals surface area contributed by atoms with Gasteiger partial charge in [0.1, 0.15) is 11.6 Å². The standard InChI is InChI=1S/2C4H7N3/c2*1-3-2-4(5)7-6-3/h2*2H,1H3,(H3,5,6,7). The number of aryl methyl sites for hydroxylation is 2. The van der Waals surface area contributed by atoms with Crippen molar-refractivity contribution in [1.82, 2.24) is 20.4 Å². The highest BCUT2D eigenvalue weighted by Crippen LogP contribution is 1.95. The molecule has 0 unspecified atom stereocenters. The van der Waals surface area contributed by atoms with Crippen LogP contribution in [0.2, 0.25) is 0 Å². The maximum Gasteiger partial charge on any atom is 0.145 e. The zero-order chi connectivity index (χ0) is 10.6. The van der Waals surface area contributed by atoms with E-state index in [0.29, 0.717) is 11.6 Å². The van der Waals surface area contributed by atoms with Crippen molar-refractivity contribution in [1.29, 1.82) is 0 Å². The second-order valence-corrected chi connectivity index (χ2v) is 2.95. The van der Waals surface area contributed by atoms with Gasteiger partial charge in [0.2, 0.25) is 0 Å². The first-order valence-electron chi connectivity index (χ1n) is 4.13. The third-order valence-corrected chi connectivity index (χ3v) is 1.45. The van der Waals surface area contributed by atoms with E-state index in [0.717, 1.165) is 11.4 Å². The van der Waals surface area contributed by atoms with Gasteiger partial charge in [0.05, 0.1) is 0 Å². The molecule has 14 heavy (non-hydrogen) atoms. The van der Waals surface area contributed by atoms with Crippen LogP contribution < -0.4 is 11.5 Å². The minimum Gasteiger partial charge on any atom is -0.382 e. The van der Waals surface area contributed by atoms with Crippen LogP contribution in [-0.4, -0.2) is 20.4 Å². The number of H-pyrrole nitrogens is 2. The van der Waals surface area contributed by atoms with E-state index in [1.54, 1.807) is 12.1 Å². The molecule has 6 N–H and O–H groups in total. The highest BCUT2D eigenvalue weighted by molar-refractivity contribution is 5.27. The van der Waals surface area contributed by atoms with Crippen LogP contribution >= 0.6 is 0 Å². The van der Waals surface area contributed by atoms with Gasteiger partial charge in [0.15, 0.2) is 0 Å². The molecule has 0 aliphatic heterocycles. The van der Waals surface area contributed by atoms with E-state index in [9.17, 15) is 0 Å². The van der Waals surface area contributed by atoms with Crippen LogP contribution in [0.25, 0.3) is 0 Å². The highest BCUT2D eigenvalue weighted by Gasteiger charge is 1.85. The van der Waals surface area contributed by atoms with Crippen LogP contribution in [0.15, 0.2) is 12.1 Å². The number of anilines is 2. The van der Waals surface area contributed by atoms with Gasteiger partial charge >= 0.3 is 0 Å². The van der Waals surface area contributed by atoms with Gasteiger partial charge in [0, 0.05) is 23.5 Å². The SMILES string of the molecule is Cc1cc(N)n[nH]1.Cc1cc(N)n[nH]1. The smallest absolute Gasteiger partial charge is 0.145 e. The van der Waals surface area contributed by atoms with Crippen molar-refractivity contribution in [3.8, 4) is 0 Å². The minimum atomic E-state index is 0.553. The average Bonchev–Trinajstić information content (AvgIpc) is 2.63. The van der Waals surface area contributed by atoms with Gasteiger partial charge < -0.3 is 11.5 Å². The molecule has 0 saturated carbocycles. The van der Waals surface area contributed by atoms with Crippen LogP contribution in [0, 0.1) is 13.8 Å². The van der Waals surface area contributed by atoms with Crippen molar-refractivity contribution in [3.63, 3.8) is 0 Å². The summed E-state index contributed by atoms with van der Waals surface area (Å²) < 4.78 is 0. The van der Waals surface area contributed by atoms with Crippen molar-refractivity contribution in [2.24, 2.45) is 0 Å². The monoisotopic (exact) mass is 194 g/mol. The Labute approximate surface area is 81.7 Å². The first-order valence-corrected chi connectivity index (χ1v) is 4.13. The molecule has 2 rings (SSSR count). The molecule has 0 aliphatic rings. The van der Waals surface area contributed by atoms with Gasteiger partial charge in [-0.3, -0.25) is 10.2 Å². The Kier molecular flexibility index (Phi) is 3.11. The van der Waals surface area contributed by atoms with Crippen LogP contribution in [-0.2, 0) is 0 Å². The fourth-order valence-corrected chi connectivity index (χ4v) is 0.878. The van der Waals surface area contributed by atoms with Gasteiger partial charge in [-0.1, -0.05) is 0 Å². The van der Waals surface area contributed by atoms with Crippen molar-refractivity contribution >= 4 is 11.6 Å². The van der Waals surface area contributed by atoms with Gasteiger partial charge in [-0.2, -0.15) is 10.2 Å². The summed E-state index contributed by atoms with van der Waals surface area (Å²) in [7, 11) is 0. The molecular formula is C8H14N6. The zero-order valence-electron chi connectivity index (χ0n) is 8.20. The highest BCUT2D eigenvalue weighted by atomic mass is 15.2. The molecule has 76 valence electrons. The molecule has 0 spiro atoms. The Balaban J connectivity index is 0.000000140. The Morgan fingerprint density at radius 2 is 1.29 bits per heavy atom. The van der Waals surface area contributed by atoms with Crippen molar-refractivity contribution in [2.45, 2.75) is 13.8 Å². The Morgan fingerprint density at radius 1 is 0.929 bits per heavy atom. The fraction of sp³-hybridized carbons (Fsp3) is 0.250. The van der Waals surface area contributed by atoms with Crippen molar-refractivity contribution in [3.05, 3.63) is 23.5 Å². The zero-order valence-corrected chi connectivity index (χ0v) is 8.20. The molecule has 0 amide bonds.